The molecule has 9 heteroatoms. The number of nitrogens with one attached hydrogen (secondary N) is 1. The molecule has 0 fully saturated rings. The summed E-state index contributed by atoms with van der Waals surface area (Å²) in [5.74, 6) is 0.0526. The second-order valence-corrected chi connectivity index (χ2v) is 7.47. The maximum atomic E-state index is 13.1. The fraction of sp³-hybridized carbons (Fsp3) is 0.105. The van der Waals surface area contributed by atoms with Crippen molar-refractivity contribution in [3.63, 3.8) is 0 Å². The molecule has 0 saturated carbocycles. The van der Waals surface area contributed by atoms with E-state index in [1.54, 1.807) is 30.7 Å². The highest BCUT2D eigenvalue weighted by molar-refractivity contribution is 9.10. The van der Waals surface area contributed by atoms with Gasteiger partial charge < -0.3 is 5.32 Å². The monoisotopic (exact) mass is 467 g/mol. The number of halogens is 4. The topological polar surface area (TPSA) is 54.9 Å². The van der Waals surface area contributed by atoms with Gasteiger partial charge in [0.1, 0.15) is 5.03 Å². The highest BCUT2D eigenvalue weighted by Crippen LogP contribution is 2.36. The van der Waals surface area contributed by atoms with E-state index in [0.717, 1.165) is 11.6 Å². The first kappa shape index (κ1) is 20.3. The third-order valence-corrected chi connectivity index (χ3v) is 5.44. The smallest absolute Gasteiger partial charge is 0.322 e. The van der Waals surface area contributed by atoms with Crippen LogP contribution in [0.25, 0.3) is 0 Å². The predicted molar refractivity (Wildman–Crippen MR) is 105 cm³/mol. The van der Waals surface area contributed by atoms with Gasteiger partial charge in [-0.3, -0.25) is 9.78 Å². The lowest BCUT2D eigenvalue weighted by Crippen LogP contribution is -2.15. The molecule has 1 aromatic carbocycles. The van der Waals surface area contributed by atoms with Gasteiger partial charge in [0.2, 0.25) is 0 Å². The van der Waals surface area contributed by atoms with E-state index in [1.807, 2.05) is 12.1 Å². The Labute approximate surface area is 171 Å². The van der Waals surface area contributed by atoms with Crippen LogP contribution in [0.1, 0.15) is 21.5 Å². The van der Waals surface area contributed by atoms with Crippen molar-refractivity contribution < 1.29 is 18.0 Å². The standard InChI is InChI=1S/C19H13BrF3N3OS/c20-16-4-3-13(10-15(16)19(21,22)23)26-17(27)14-2-1-7-25-18(14)28-11-12-5-8-24-9-6-12/h1-10H,11H2,(H,26,27). The molecule has 0 radical (unpaired) electrons. The molecule has 1 amide bonds. The molecule has 0 unspecified atom stereocenters. The van der Waals surface area contributed by atoms with Crippen LogP contribution in [0.4, 0.5) is 18.9 Å². The highest BCUT2D eigenvalue weighted by Gasteiger charge is 2.33. The lowest BCUT2D eigenvalue weighted by molar-refractivity contribution is -0.138. The van der Waals surface area contributed by atoms with E-state index in [9.17, 15) is 18.0 Å². The largest absolute Gasteiger partial charge is 0.417 e. The van der Waals surface area contributed by atoms with Gasteiger partial charge in [0.25, 0.3) is 5.91 Å². The first-order chi connectivity index (χ1) is 13.3. The summed E-state index contributed by atoms with van der Waals surface area (Å²) in [5.41, 5.74) is 0.496. The van der Waals surface area contributed by atoms with Gasteiger partial charge in [0, 0.05) is 34.5 Å². The van der Waals surface area contributed by atoms with Crippen LogP contribution in [0.3, 0.4) is 0 Å². The summed E-state index contributed by atoms with van der Waals surface area (Å²) in [6.45, 7) is 0. The van der Waals surface area contributed by atoms with Crippen molar-refractivity contribution in [2.45, 2.75) is 17.0 Å². The number of hydrogen-bond donors (Lipinski definition) is 1. The number of pyridine rings is 2. The van der Waals surface area contributed by atoms with Crippen LogP contribution in [0.2, 0.25) is 0 Å². The number of nitrogens with zero attached hydrogens (tertiary/aromatic N) is 2. The molecule has 28 heavy (non-hydrogen) atoms. The Morgan fingerprint density at radius 1 is 1.11 bits per heavy atom. The Hall–Kier alpha value is -2.39. The van der Waals surface area contributed by atoms with Crippen molar-refractivity contribution in [3.8, 4) is 0 Å². The summed E-state index contributed by atoms with van der Waals surface area (Å²) >= 11 is 4.24. The summed E-state index contributed by atoms with van der Waals surface area (Å²) in [7, 11) is 0. The van der Waals surface area contributed by atoms with E-state index >= 15 is 0 Å². The lowest BCUT2D eigenvalue weighted by atomic mass is 10.2. The minimum Gasteiger partial charge on any atom is -0.322 e. The fourth-order valence-electron chi connectivity index (χ4n) is 2.33. The quantitative estimate of drug-likeness (QED) is 0.481. The first-order valence-electron chi connectivity index (χ1n) is 7.99. The van der Waals surface area contributed by atoms with Crippen molar-refractivity contribution >= 4 is 39.3 Å². The third-order valence-electron chi connectivity index (χ3n) is 3.67. The second-order valence-electron chi connectivity index (χ2n) is 5.65. The number of carbonyl (C=O) groups is 1. The Bertz CT molecular complexity index is 984. The molecular formula is C19H13BrF3N3OS. The van der Waals surface area contributed by atoms with Crippen LogP contribution in [0.15, 0.2) is 70.6 Å². The average molecular weight is 468 g/mol. The number of rotatable bonds is 5. The number of alkyl halides is 3. The van der Waals surface area contributed by atoms with Crippen LogP contribution in [-0.2, 0) is 11.9 Å². The Morgan fingerprint density at radius 2 is 1.86 bits per heavy atom. The molecule has 4 nitrogen and oxygen atoms in total. The van der Waals surface area contributed by atoms with Crippen molar-refractivity contribution in [3.05, 3.63) is 82.2 Å². The van der Waals surface area contributed by atoms with E-state index in [0.29, 0.717) is 10.8 Å². The number of amides is 1. The zero-order valence-corrected chi connectivity index (χ0v) is 16.6. The molecule has 0 bridgehead atoms. The molecule has 0 spiro atoms. The van der Waals surface area contributed by atoms with Gasteiger partial charge in [-0.15, -0.1) is 11.8 Å². The number of benzene rings is 1. The molecule has 0 aliphatic heterocycles. The molecule has 1 N–H and O–H groups in total. The lowest BCUT2D eigenvalue weighted by Gasteiger charge is -2.13. The summed E-state index contributed by atoms with van der Waals surface area (Å²) in [6, 6.07) is 10.4. The number of carbonyl (C=O) groups excluding carboxylic acids is 1. The van der Waals surface area contributed by atoms with Crippen LogP contribution in [-0.4, -0.2) is 15.9 Å². The van der Waals surface area contributed by atoms with E-state index in [4.69, 9.17) is 0 Å². The Balaban J connectivity index is 1.78. The van der Waals surface area contributed by atoms with Crippen molar-refractivity contribution in [1.29, 1.82) is 0 Å². The fourth-order valence-corrected chi connectivity index (χ4v) is 3.75. The Kier molecular flexibility index (Phi) is 6.35. The van der Waals surface area contributed by atoms with Gasteiger partial charge in [-0.25, -0.2) is 4.98 Å². The summed E-state index contributed by atoms with van der Waals surface area (Å²) in [4.78, 5) is 20.8. The van der Waals surface area contributed by atoms with Crippen molar-refractivity contribution in [2.75, 3.05) is 5.32 Å². The van der Waals surface area contributed by atoms with Crippen LogP contribution >= 0.6 is 27.7 Å². The molecule has 3 aromatic rings. The van der Waals surface area contributed by atoms with E-state index in [1.165, 1.54) is 23.9 Å². The second kappa shape index (κ2) is 8.74. The number of anilines is 1. The van der Waals surface area contributed by atoms with Gasteiger partial charge in [0.15, 0.2) is 0 Å². The molecule has 2 aromatic heterocycles. The molecule has 144 valence electrons. The molecule has 0 aliphatic rings. The third kappa shape index (κ3) is 5.11. The Morgan fingerprint density at radius 3 is 2.57 bits per heavy atom. The van der Waals surface area contributed by atoms with E-state index < -0.39 is 17.6 Å². The number of aromatic nitrogens is 2. The summed E-state index contributed by atoms with van der Waals surface area (Å²) < 4.78 is 39.1. The van der Waals surface area contributed by atoms with Gasteiger partial charge in [0.05, 0.1) is 11.1 Å². The molecule has 0 aliphatic carbocycles. The molecular weight excluding hydrogens is 455 g/mol. The first-order valence-corrected chi connectivity index (χ1v) is 9.77. The molecule has 2 heterocycles. The van der Waals surface area contributed by atoms with Crippen LogP contribution in [0, 0.1) is 0 Å². The summed E-state index contributed by atoms with van der Waals surface area (Å²) in [5, 5.41) is 3.00. The van der Waals surface area contributed by atoms with Gasteiger partial charge in [-0.1, -0.05) is 15.9 Å². The minimum absolute atomic E-state index is 0.0504. The number of hydrogen-bond acceptors (Lipinski definition) is 4. The van der Waals surface area contributed by atoms with Crippen LogP contribution in [0.5, 0.6) is 0 Å². The zero-order chi connectivity index (χ0) is 20.1. The van der Waals surface area contributed by atoms with Gasteiger partial charge in [-0.05, 0) is 48.0 Å². The van der Waals surface area contributed by atoms with Gasteiger partial charge >= 0.3 is 6.18 Å². The van der Waals surface area contributed by atoms with Crippen molar-refractivity contribution in [1.82, 2.24) is 9.97 Å². The van der Waals surface area contributed by atoms with Crippen molar-refractivity contribution in [2.24, 2.45) is 0 Å². The maximum Gasteiger partial charge on any atom is 0.417 e. The number of thioether (sulfide) groups is 1. The molecule has 0 atom stereocenters. The average Bonchev–Trinajstić information content (AvgIpc) is 2.68. The van der Waals surface area contributed by atoms with Crippen LogP contribution < -0.4 is 5.32 Å². The summed E-state index contributed by atoms with van der Waals surface area (Å²) in [6.07, 6.45) is 0.383. The highest BCUT2D eigenvalue weighted by atomic mass is 79.9. The predicted octanol–water partition coefficient (Wildman–Crippen LogP) is 5.80. The zero-order valence-electron chi connectivity index (χ0n) is 14.2. The maximum absolute atomic E-state index is 13.1. The molecule has 0 saturated heterocycles. The minimum atomic E-state index is -4.53. The van der Waals surface area contributed by atoms with E-state index in [2.05, 4.69) is 31.2 Å². The van der Waals surface area contributed by atoms with Gasteiger partial charge in [-0.2, -0.15) is 13.2 Å². The van der Waals surface area contributed by atoms with E-state index in [-0.39, 0.29) is 15.7 Å². The SMILES string of the molecule is O=C(Nc1ccc(Br)c(C(F)(F)F)c1)c1cccnc1SCc1ccncc1. The molecule has 3 rings (SSSR count). The normalized spacial score (nSPS) is 11.3.